The van der Waals surface area contributed by atoms with Gasteiger partial charge in [-0.05, 0) is 36.8 Å². The van der Waals surface area contributed by atoms with Crippen molar-refractivity contribution in [1.29, 1.82) is 0 Å². The average molecular weight is 399 g/mol. The fourth-order valence-electron chi connectivity index (χ4n) is 2.95. The highest BCUT2D eigenvalue weighted by Gasteiger charge is 2.18. The molecular formula is C20H19ClN4O3. The number of carbonyl (C=O) groups excluding carboxylic acids is 1. The molecule has 1 aromatic heterocycles. The molecule has 28 heavy (non-hydrogen) atoms. The van der Waals surface area contributed by atoms with Crippen molar-refractivity contribution >= 4 is 17.5 Å². The summed E-state index contributed by atoms with van der Waals surface area (Å²) in [5.41, 5.74) is 1.66. The Kier molecular flexibility index (Phi) is 5.16. The van der Waals surface area contributed by atoms with E-state index in [4.69, 9.17) is 21.1 Å². The molecule has 0 bridgehead atoms. The van der Waals surface area contributed by atoms with Gasteiger partial charge in [-0.1, -0.05) is 29.8 Å². The third-order valence-electron chi connectivity index (χ3n) is 4.29. The van der Waals surface area contributed by atoms with Crippen molar-refractivity contribution in [2.45, 2.75) is 19.9 Å². The highest BCUT2D eigenvalue weighted by atomic mass is 35.5. The van der Waals surface area contributed by atoms with Crippen LogP contribution in [0.5, 0.6) is 11.5 Å². The van der Waals surface area contributed by atoms with Crippen molar-refractivity contribution in [2.24, 2.45) is 0 Å². The van der Waals surface area contributed by atoms with Crippen molar-refractivity contribution in [3.63, 3.8) is 0 Å². The number of hydrogen-bond acceptors (Lipinski definition) is 5. The molecule has 7 nitrogen and oxygen atoms in total. The van der Waals surface area contributed by atoms with Crippen LogP contribution in [0.25, 0.3) is 5.69 Å². The maximum absolute atomic E-state index is 12.5. The number of rotatable bonds is 4. The van der Waals surface area contributed by atoms with E-state index in [1.165, 1.54) is 0 Å². The number of amides is 1. The van der Waals surface area contributed by atoms with Gasteiger partial charge in [0.25, 0.3) is 5.91 Å². The fraction of sp³-hybridized carbons (Fsp3) is 0.250. The second kappa shape index (κ2) is 7.90. The zero-order chi connectivity index (χ0) is 19.5. The molecule has 1 aliphatic rings. The highest BCUT2D eigenvalue weighted by molar-refractivity contribution is 6.32. The molecule has 0 saturated carbocycles. The zero-order valence-electron chi connectivity index (χ0n) is 15.3. The lowest BCUT2D eigenvalue weighted by Gasteiger charge is -2.11. The maximum atomic E-state index is 12.5. The van der Waals surface area contributed by atoms with E-state index in [0.29, 0.717) is 35.6 Å². The Morgan fingerprint density at radius 3 is 2.82 bits per heavy atom. The van der Waals surface area contributed by atoms with Gasteiger partial charge in [0.15, 0.2) is 11.5 Å². The zero-order valence-corrected chi connectivity index (χ0v) is 16.1. The molecule has 0 fully saturated rings. The first-order valence-corrected chi connectivity index (χ1v) is 9.35. The number of para-hydroxylation sites is 1. The molecule has 144 valence electrons. The van der Waals surface area contributed by atoms with Crippen LogP contribution in [-0.2, 0) is 6.54 Å². The van der Waals surface area contributed by atoms with Crippen LogP contribution in [0.3, 0.4) is 0 Å². The number of ether oxygens (including phenoxy) is 2. The second-order valence-corrected chi connectivity index (χ2v) is 6.78. The topological polar surface area (TPSA) is 78.3 Å². The summed E-state index contributed by atoms with van der Waals surface area (Å²) in [6.07, 6.45) is 0.798. The normalized spacial score (nSPS) is 13.1. The fourth-order valence-corrected chi connectivity index (χ4v) is 3.24. The van der Waals surface area contributed by atoms with Gasteiger partial charge in [-0.15, -0.1) is 5.10 Å². The molecule has 1 aliphatic heterocycles. The molecule has 0 unspecified atom stereocenters. The Morgan fingerprint density at radius 2 is 2.00 bits per heavy atom. The summed E-state index contributed by atoms with van der Waals surface area (Å²) in [6.45, 7) is 3.21. The minimum absolute atomic E-state index is 0.113. The van der Waals surface area contributed by atoms with Crippen LogP contribution in [0.2, 0.25) is 5.02 Å². The first-order chi connectivity index (χ1) is 13.6. The molecule has 0 atom stereocenters. The van der Waals surface area contributed by atoms with Gasteiger partial charge in [-0.25, -0.2) is 9.67 Å². The number of nitrogens with one attached hydrogen (secondary N) is 1. The van der Waals surface area contributed by atoms with E-state index in [2.05, 4.69) is 15.4 Å². The number of hydrogen-bond donors (Lipinski definition) is 1. The van der Waals surface area contributed by atoms with Crippen molar-refractivity contribution in [2.75, 3.05) is 13.2 Å². The molecule has 8 heteroatoms. The van der Waals surface area contributed by atoms with E-state index in [1.807, 2.05) is 36.4 Å². The minimum atomic E-state index is -0.360. The van der Waals surface area contributed by atoms with Gasteiger partial charge in [0.2, 0.25) is 5.82 Å². The number of carbonyl (C=O) groups is 1. The van der Waals surface area contributed by atoms with E-state index in [1.54, 1.807) is 17.7 Å². The number of aryl methyl sites for hydroxylation is 1. The van der Waals surface area contributed by atoms with E-state index < -0.39 is 0 Å². The Morgan fingerprint density at radius 1 is 1.21 bits per heavy atom. The van der Waals surface area contributed by atoms with E-state index in [-0.39, 0.29) is 18.3 Å². The molecule has 1 N–H and O–H groups in total. The van der Waals surface area contributed by atoms with Gasteiger partial charge >= 0.3 is 0 Å². The van der Waals surface area contributed by atoms with Crippen LogP contribution in [0.4, 0.5) is 0 Å². The van der Waals surface area contributed by atoms with Gasteiger partial charge < -0.3 is 14.8 Å². The monoisotopic (exact) mass is 398 g/mol. The lowest BCUT2D eigenvalue weighted by Crippen LogP contribution is -2.24. The minimum Gasteiger partial charge on any atom is -0.489 e. The molecule has 2 aromatic carbocycles. The van der Waals surface area contributed by atoms with Gasteiger partial charge in [0.05, 0.1) is 23.9 Å². The Balaban J connectivity index is 1.48. The molecule has 1 amide bonds. The van der Waals surface area contributed by atoms with Gasteiger partial charge in [0.1, 0.15) is 5.82 Å². The SMILES string of the molecule is Cc1nc(C(=O)NCc2cc(Cl)c3c(c2)OCCCO3)nn1-c1ccccc1. The number of halogens is 1. The van der Waals surface area contributed by atoms with Gasteiger partial charge in [0, 0.05) is 13.0 Å². The maximum Gasteiger partial charge on any atom is 0.291 e. The predicted octanol–water partition coefficient (Wildman–Crippen LogP) is 3.32. The van der Waals surface area contributed by atoms with Gasteiger partial charge in [-0.3, -0.25) is 4.79 Å². The standard InChI is InChI=1S/C20H19ClN4O3/c1-13-23-19(24-25(13)15-6-3-2-4-7-15)20(26)22-12-14-10-16(21)18-17(11-14)27-8-5-9-28-18/h2-4,6-7,10-11H,5,8-9,12H2,1H3,(H,22,26). The summed E-state index contributed by atoms with van der Waals surface area (Å²) < 4.78 is 12.9. The van der Waals surface area contributed by atoms with Crippen molar-refractivity contribution in [1.82, 2.24) is 20.1 Å². The first kappa shape index (κ1) is 18.3. The third kappa shape index (κ3) is 3.80. The van der Waals surface area contributed by atoms with E-state index in [0.717, 1.165) is 17.7 Å². The Bertz CT molecular complexity index is 1000. The molecule has 3 aromatic rings. The molecule has 0 aliphatic carbocycles. The van der Waals surface area contributed by atoms with Crippen LogP contribution < -0.4 is 14.8 Å². The van der Waals surface area contributed by atoms with Crippen molar-refractivity contribution in [3.8, 4) is 17.2 Å². The lowest BCUT2D eigenvalue weighted by atomic mass is 10.2. The summed E-state index contributed by atoms with van der Waals surface area (Å²) >= 11 is 6.30. The summed E-state index contributed by atoms with van der Waals surface area (Å²) in [6, 6.07) is 13.1. The first-order valence-electron chi connectivity index (χ1n) is 8.97. The van der Waals surface area contributed by atoms with Gasteiger partial charge in [-0.2, -0.15) is 0 Å². The third-order valence-corrected chi connectivity index (χ3v) is 4.57. The van der Waals surface area contributed by atoms with Crippen LogP contribution in [-0.4, -0.2) is 33.9 Å². The van der Waals surface area contributed by atoms with Crippen LogP contribution in [0, 0.1) is 6.92 Å². The molecule has 0 spiro atoms. The highest BCUT2D eigenvalue weighted by Crippen LogP contribution is 2.37. The molecule has 2 heterocycles. The number of benzene rings is 2. The quantitative estimate of drug-likeness (QED) is 0.729. The van der Waals surface area contributed by atoms with Crippen LogP contribution in [0.15, 0.2) is 42.5 Å². The number of fused-ring (bicyclic) bond motifs is 1. The summed E-state index contributed by atoms with van der Waals surface area (Å²) in [5, 5.41) is 7.60. The van der Waals surface area contributed by atoms with E-state index in [9.17, 15) is 4.79 Å². The van der Waals surface area contributed by atoms with Crippen LogP contribution in [0.1, 0.15) is 28.4 Å². The predicted molar refractivity (Wildman–Crippen MR) is 104 cm³/mol. The summed E-state index contributed by atoms with van der Waals surface area (Å²) in [5.74, 6) is 1.53. The number of nitrogens with zero attached hydrogens (tertiary/aromatic N) is 3. The van der Waals surface area contributed by atoms with Crippen LogP contribution >= 0.6 is 11.6 Å². The summed E-state index contributed by atoms with van der Waals surface area (Å²) in [7, 11) is 0. The average Bonchev–Trinajstić information content (AvgIpc) is 2.93. The lowest BCUT2D eigenvalue weighted by molar-refractivity contribution is 0.0940. The molecule has 4 rings (SSSR count). The Hall–Kier alpha value is -3.06. The molecule has 0 radical (unpaired) electrons. The van der Waals surface area contributed by atoms with E-state index >= 15 is 0 Å². The summed E-state index contributed by atoms with van der Waals surface area (Å²) in [4.78, 5) is 16.8. The van der Waals surface area contributed by atoms with Crippen molar-refractivity contribution < 1.29 is 14.3 Å². The Labute approximate surface area is 167 Å². The molecular weight excluding hydrogens is 380 g/mol. The molecule has 0 saturated heterocycles. The largest absolute Gasteiger partial charge is 0.489 e. The second-order valence-electron chi connectivity index (χ2n) is 6.37. The smallest absolute Gasteiger partial charge is 0.291 e. The number of aromatic nitrogens is 3. The van der Waals surface area contributed by atoms with Crippen molar-refractivity contribution in [3.05, 3.63) is 64.7 Å².